The number of aryl methyl sites for hydroxylation is 2. The topological polar surface area (TPSA) is 86.9 Å². The summed E-state index contributed by atoms with van der Waals surface area (Å²) in [6.07, 6.45) is 3.38. The summed E-state index contributed by atoms with van der Waals surface area (Å²) in [7, 11) is 1.63. The number of nitrogens with zero attached hydrogens (tertiary/aromatic N) is 5. The van der Waals surface area contributed by atoms with E-state index in [9.17, 15) is 4.79 Å². The van der Waals surface area contributed by atoms with Gasteiger partial charge in [-0.3, -0.25) is 9.48 Å². The number of carbonyl (C=O) groups is 1. The maximum atomic E-state index is 12.2. The van der Waals surface area contributed by atoms with Crippen LogP contribution in [0.3, 0.4) is 0 Å². The number of hydrogen-bond donors (Lipinski definition) is 1. The van der Waals surface area contributed by atoms with E-state index < -0.39 is 0 Å². The summed E-state index contributed by atoms with van der Waals surface area (Å²) in [5.41, 5.74) is 2.81. The number of aromatic nitrogens is 5. The molecule has 3 rings (SSSR count). The lowest BCUT2D eigenvalue weighted by atomic mass is 10.1. The van der Waals surface area contributed by atoms with Gasteiger partial charge >= 0.3 is 0 Å². The molecule has 0 spiro atoms. The van der Waals surface area contributed by atoms with Gasteiger partial charge in [0, 0.05) is 11.8 Å². The highest BCUT2D eigenvalue weighted by molar-refractivity contribution is 5.89. The molecule has 1 amide bonds. The summed E-state index contributed by atoms with van der Waals surface area (Å²) in [5.74, 6) is 1.03. The van der Waals surface area contributed by atoms with E-state index in [2.05, 4.69) is 20.6 Å². The largest absolute Gasteiger partial charge is 0.497 e. The maximum absolute atomic E-state index is 12.2. The second-order valence-electron chi connectivity index (χ2n) is 5.55. The highest BCUT2D eigenvalue weighted by atomic mass is 16.5. The van der Waals surface area contributed by atoms with Gasteiger partial charge in [0.05, 0.1) is 25.5 Å². The van der Waals surface area contributed by atoms with Crippen LogP contribution in [-0.2, 0) is 17.9 Å². The second-order valence-corrected chi connectivity index (χ2v) is 5.55. The van der Waals surface area contributed by atoms with Gasteiger partial charge in [-0.05, 0) is 43.7 Å². The van der Waals surface area contributed by atoms with Crippen LogP contribution in [0.25, 0.3) is 11.3 Å². The van der Waals surface area contributed by atoms with E-state index in [-0.39, 0.29) is 12.5 Å². The minimum atomic E-state index is -0.202. The van der Waals surface area contributed by atoms with E-state index in [0.29, 0.717) is 12.4 Å². The Kier molecular flexibility index (Phi) is 4.78. The standard InChI is InChI=1S/C17H20N6O2/c1-4-23-18-9-15(20-23)19-16(24)11-22-10-12(2)17(21-22)13-5-7-14(25-3)8-6-13/h5-10H,4,11H2,1-3H3,(H,19,20,24). The van der Waals surface area contributed by atoms with Crippen molar-refractivity contribution in [2.24, 2.45) is 0 Å². The Bertz CT molecular complexity index is 866. The van der Waals surface area contributed by atoms with Crippen LogP contribution in [0.5, 0.6) is 5.75 Å². The maximum Gasteiger partial charge on any atom is 0.247 e. The van der Waals surface area contributed by atoms with Crippen molar-refractivity contribution >= 4 is 11.7 Å². The zero-order chi connectivity index (χ0) is 17.8. The molecule has 0 saturated carbocycles. The Labute approximate surface area is 145 Å². The molecule has 0 aliphatic heterocycles. The summed E-state index contributed by atoms with van der Waals surface area (Å²) in [5, 5.41) is 15.4. The quantitative estimate of drug-likeness (QED) is 0.743. The van der Waals surface area contributed by atoms with Gasteiger partial charge in [0.25, 0.3) is 0 Å². The molecule has 2 aromatic heterocycles. The minimum absolute atomic E-state index is 0.107. The molecule has 1 aromatic carbocycles. The Morgan fingerprint density at radius 3 is 2.64 bits per heavy atom. The predicted octanol–water partition coefficient (Wildman–Crippen LogP) is 2.12. The van der Waals surface area contributed by atoms with Crippen molar-refractivity contribution in [3.63, 3.8) is 0 Å². The van der Waals surface area contributed by atoms with Gasteiger partial charge in [-0.25, -0.2) is 0 Å². The van der Waals surface area contributed by atoms with E-state index in [1.807, 2.05) is 44.3 Å². The third-order valence-electron chi connectivity index (χ3n) is 3.70. The lowest BCUT2D eigenvalue weighted by Gasteiger charge is -2.03. The van der Waals surface area contributed by atoms with Crippen molar-refractivity contribution < 1.29 is 9.53 Å². The fraction of sp³-hybridized carbons (Fsp3) is 0.294. The zero-order valence-corrected chi connectivity index (χ0v) is 14.4. The van der Waals surface area contributed by atoms with Gasteiger partial charge in [0.1, 0.15) is 12.3 Å². The fourth-order valence-electron chi connectivity index (χ4n) is 2.47. The highest BCUT2D eigenvalue weighted by Gasteiger charge is 2.11. The molecule has 0 radical (unpaired) electrons. The number of hydrogen-bond acceptors (Lipinski definition) is 5. The Morgan fingerprint density at radius 1 is 1.24 bits per heavy atom. The first-order valence-corrected chi connectivity index (χ1v) is 7.97. The molecule has 0 atom stereocenters. The molecule has 8 heteroatoms. The Balaban J connectivity index is 1.69. The SMILES string of the molecule is CCn1ncc(NC(=O)Cn2cc(C)c(-c3ccc(OC)cc3)n2)n1. The average molecular weight is 340 g/mol. The summed E-state index contributed by atoms with van der Waals surface area (Å²) >= 11 is 0. The third kappa shape index (κ3) is 3.85. The molecular formula is C17H20N6O2. The first-order valence-electron chi connectivity index (χ1n) is 7.97. The van der Waals surface area contributed by atoms with Crippen LogP contribution >= 0.6 is 0 Å². The van der Waals surface area contributed by atoms with Crippen molar-refractivity contribution in [1.82, 2.24) is 24.8 Å². The number of benzene rings is 1. The molecule has 0 bridgehead atoms. The second kappa shape index (κ2) is 7.16. The van der Waals surface area contributed by atoms with E-state index in [1.54, 1.807) is 11.8 Å². The lowest BCUT2D eigenvalue weighted by molar-refractivity contribution is -0.116. The normalized spacial score (nSPS) is 10.7. The molecule has 0 aliphatic rings. The van der Waals surface area contributed by atoms with Gasteiger partial charge in [-0.2, -0.15) is 15.0 Å². The smallest absolute Gasteiger partial charge is 0.247 e. The van der Waals surface area contributed by atoms with Crippen LogP contribution < -0.4 is 10.1 Å². The van der Waals surface area contributed by atoms with Crippen LogP contribution in [0.15, 0.2) is 36.7 Å². The van der Waals surface area contributed by atoms with E-state index in [4.69, 9.17) is 4.74 Å². The van der Waals surface area contributed by atoms with E-state index in [0.717, 1.165) is 22.6 Å². The molecule has 130 valence electrons. The first-order chi connectivity index (χ1) is 12.1. The number of methoxy groups -OCH3 is 1. The summed E-state index contributed by atoms with van der Waals surface area (Å²) in [4.78, 5) is 13.7. The molecule has 3 aromatic rings. The average Bonchev–Trinajstić information content (AvgIpc) is 3.21. The Morgan fingerprint density at radius 2 is 2.00 bits per heavy atom. The van der Waals surface area contributed by atoms with Gasteiger partial charge in [-0.15, -0.1) is 5.10 Å². The molecule has 25 heavy (non-hydrogen) atoms. The predicted molar refractivity (Wildman–Crippen MR) is 93.3 cm³/mol. The highest BCUT2D eigenvalue weighted by Crippen LogP contribution is 2.23. The minimum Gasteiger partial charge on any atom is -0.497 e. The number of amides is 1. The van der Waals surface area contributed by atoms with Crippen molar-refractivity contribution in [3.05, 3.63) is 42.2 Å². The molecular weight excluding hydrogens is 320 g/mol. The van der Waals surface area contributed by atoms with Crippen molar-refractivity contribution in [2.75, 3.05) is 12.4 Å². The third-order valence-corrected chi connectivity index (χ3v) is 3.70. The molecule has 8 nitrogen and oxygen atoms in total. The van der Waals surface area contributed by atoms with Crippen LogP contribution in [0.4, 0.5) is 5.82 Å². The number of anilines is 1. The van der Waals surface area contributed by atoms with Gasteiger partial charge in [0.2, 0.25) is 5.91 Å². The summed E-state index contributed by atoms with van der Waals surface area (Å²) in [6.45, 7) is 4.65. The number of ether oxygens (including phenoxy) is 1. The number of nitrogens with one attached hydrogen (secondary N) is 1. The molecule has 0 fully saturated rings. The lowest BCUT2D eigenvalue weighted by Crippen LogP contribution is -2.19. The van der Waals surface area contributed by atoms with Crippen LogP contribution in [0.2, 0.25) is 0 Å². The molecule has 0 saturated heterocycles. The van der Waals surface area contributed by atoms with E-state index >= 15 is 0 Å². The van der Waals surface area contributed by atoms with Crippen LogP contribution in [0.1, 0.15) is 12.5 Å². The van der Waals surface area contributed by atoms with Gasteiger partial charge in [-0.1, -0.05) is 0 Å². The number of carbonyl (C=O) groups excluding carboxylic acids is 1. The van der Waals surface area contributed by atoms with E-state index in [1.165, 1.54) is 11.0 Å². The fourth-order valence-corrected chi connectivity index (χ4v) is 2.47. The van der Waals surface area contributed by atoms with Crippen molar-refractivity contribution in [1.29, 1.82) is 0 Å². The van der Waals surface area contributed by atoms with Crippen LogP contribution in [0, 0.1) is 6.92 Å². The zero-order valence-electron chi connectivity index (χ0n) is 14.4. The Hall–Kier alpha value is -3.16. The number of rotatable bonds is 6. The van der Waals surface area contributed by atoms with Crippen LogP contribution in [-0.4, -0.2) is 37.8 Å². The summed E-state index contributed by atoms with van der Waals surface area (Å²) < 4.78 is 6.79. The van der Waals surface area contributed by atoms with Gasteiger partial charge in [0.15, 0.2) is 5.82 Å². The monoisotopic (exact) mass is 340 g/mol. The van der Waals surface area contributed by atoms with Crippen molar-refractivity contribution in [2.45, 2.75) is 26.9 Å². The molecule has 0 aliphatic carbocycles. The first kappa shape index (κ1) is 16.7. The summed E-state index contributed by atoms with van der Waals surface area (Å²) in [6, 6.07) is 7.67. The molecule has 0 unspecified atom stereocenters. The molecule has 2 heterocycles. The molecule has 1 N–H and O–H groups in total. The van der Waals surface area contributed by atoms with Gasteiger partial charge < -0.3 is 10.1 Å². The van der Waals surface area contributed by atoms with Crippen molar-refractivity contribution in [3.8, 4) is 17.0 Å².